The molecule has 0 radical (unpaired) electrons. The van der Waals surface area contributed by atoms with Crippen molar-refractivity contribution in [1.82, 2.24) is 10.4 Å². The Balaban J connectivity index is 0.000000686. The lowest BCUT2D eigenvalue weighted by Gasteiger charge is -2.25. The molecule has 1 aromatic carbocycles. The summed E-state index contributed by atoms with van der Waals surface area (Å²) in [7, 11) is -3.94. The van der Waals surface area contributed by atoms with Gasteiger partial charge in [0.05, 0.1) is 18.8 Å². The molecule has 0 saturated carbocycles. The van der Waals surface area contributed by atoms with E-state index in [1.54, 1.807) is 37.3 Å². The number of amides is 2. The first kappa shape index (κ1) is 33.2. The molecule has 2 amide bonds. The molecule has 0 aromatic heterocycles. The third-order valence-electron chi connectivity index (χ3n) is 5.05. The molecule has 1 aromatic rings. The van der Waals surface area contributed by atoms with E-state index in [2.05, 4.69) is 17.7 Å². The lowest BCUT2D eigenvalue weighted by atomic mass is 10.2. The van der Waals surface area contributed by atoms with Crippen molar-refractivity contribution in [2.24, 2.45) is 5.73 Å². The van der Waals surface area contributed by atoms with Crippen LogP contribution in [0, 0.1) is 0 Å². The summed E-state index contributed by atoms with van der Waals surface area (Å²) in [5.41, 5.74) is 4.44. The van der Waals surface area contributed by atoms with E-state index in [-0.39, 0.29) is 19.1 Å². The maximum Gasteiger partial charge on any atom is 0.459 e. The van der Waals surface area contributed by atoms with Gasteiger partial charge in [0.2, 0.25) is 12.2 Å². The van der Waals surface area contributed by atoms with E-state index < -0.39 is 43.7 Å². The number of aliphatic hydroxyl groups excluding tert-OH is 1. The standard InChI is InChI=1S/C20H32NO7P.C4H5FN2O2/c1-4-5-9-15(2)27-20(23)16(3)21-29(24,28-17-10-7-6-8-11-17)26-14-19-18(22)12-13-25-19;5-3(4(6)9)1-7-2-8/h6-8,10-11,15-16,18-19,22H,4-5,9,12-14H2,1-3H3,(H,21,24);1-2H,(H2,6,9)(H,7,8)/b;3-1+/t15?,16-,18?,19+,29?;/m0./s1. The molecular formula is C24H37FN3O9P. The second-order valence-corrected chi connectivity index (χ2v) is 10.0. The summed E-state index contributed by atoms with van der Waals surface area (Å²) < 4.78 is 47.1. The third-order valence-corrected chi connectivity index (χ3v) is 6.70. The van der Waals surface area contributed by atoms with E-state index in [9.17, 15) is 28.4 Å². The molecule has 5 atom stereocenters. The molecule has 12 nitrogen and oxygen atoms in total. The van der Waals surface area contributed by atoms with Gasteiger partial charge in [0.1, 0.15) is 17.9 Å². The molecule has 1 heterocycles. The molecule has 14 heteroatoms. The molecular weight excluding hydrogens is 524 g/mol. The first-order chi connectivity index (χ1) is 18.0. The number of primary amides is 1. The van der Waals surface area contributed by atoms with Gasteiger partial charge in [-0.25, -0.2) is 4.57 Å². The van der Waals surface area contributed by atoms with E-state index in [1.165, 1.54) is 0 Å². The van der Waals surface area contributed by atoms with E-state index in [4.69, 9.17) is 18.5 Å². The van der Waals surface area contributed by atoms with Gasteiger partial charge in [0, 0.05) is 12.8 Å². The van der Waals surface area contributed by atoms with Gasteiger partial charge >= 0.3 is 13.7 Å². The van der Waals surface area contributed by atoms with Crippen LogP contribution >= 0.6 is 7.75 Å². The highest BCUT2D eigenvalue weighted by atomic mass is 31.2. The number of halogens is 1. The summed E-state index contributed by atoms with van der Waals surface area (Å²) in [6, 6.07) is 7.62. The quantitative estimate of drug-likeness (QED) is 0.108. The van der Waals surface area contributed by atoms with Crippen molar-refractivity contribution < 1.29 is 47.0 Å². The van der Waals surface area contributed by atoms with Crippen molar-refractivity contribution in [3.05, 3.63) is 42.4 Å². The Morgan fingerprint density at radius 2 is 2.00 bits per heavy atom. The van der Waals surface area contributed by atoms with Crippen LogP contribution in [0.15, 0.2) is 42.4 Å². The third kappa shape index (κ3) is 13.1. The lowest BCUT2D eigenvalue weighted by molar-refractivity contribution is -0.150. The molecule has 2 rings (SSSR count). The molecule has 5 N–H and O–H groups in total. The van der Waals surface area contributed by atoms with Crippen molar-refractivity contribution in [2.75, 3.05) is 13.2 Å². The number of ether oxygens (including phenoxy) is 2. The number of nitrogens with one attached hydrogen (secondary N) is 2. The van der Waals surface area contributed by atoms with Crippen LogP contribution in [0.25, 0.3) is 0 Å². The molecule has 0 aliphatic carbocycles. The van der Waals surface area contributed by atoms with Crippen molar-refractivity contribution in [2.45, 2.75) is 70.8 Å². The van der Waals surface area contributed by atoms with E-state index >= 15 is 0 Å². The smallest absolute Gasteiger partial charge is 0.459 e. The number of nitrogens with two attached hydrogens (primary N) is 1. The summed E-state index contributed by atoms with van der Waals surface area (Å²) in [6.07, 6.45) is 2.51. The zero-order chi connectivity index (χ0) is 28.6. The summed E-state index contributed by atoms with van der Waals surface area (Å²) in [5.74, 6) is -2.59. The first-order valence-electron chi connectivity index (χ1n) is 12.1. The molecule has 38 heavy (non-hydrogen) atoms. The maximum atomic E-state index is 13.3. The number of aliphatic hydroxyl groups is 1. The fraction of sp³-hybridized carbons (Fsp3) is 0.542. The van der Waals surface area contributed by atoms with Gasteiger partial charge in [-0.1, -0.05) is 38.0 Å². The Bertz CT molecular complexity index is 951. The predicted molar refractivity (Wildman–Crippen MR) is 136 cm³/mol. The fourth-order valence-electron chi connectivity index (χ4n) is 3.00. The molecule has 1 saturated heterocycles. The molecule has 0 bridgehead atoms. The number of rotatable bonds is 15. The number of para-hydroxylation sites is 1. The lowest BCUT2D eigenvalue weighted by Crippen LogP contribution is -2.37. The zero-order valence-electron chi connectivity index (χ0n) is 21.7. The number of carbonyl (C=O) groups is 3. The SMILES string of the molecule is CCCCC(C)OC(=O)[C@H](C)NP(=O)(OC[C@H]1OCCC1O)Oc1ccccc1.NC(=O)/C(F)=C\NC=O. The highest BCUT2D eigenvalue weighted by molar-refractivity contribution is 7.52. The van der Waals surface area contributed by atoms with Gasteiger partial charge in [-0.3, -0.25) is 18.9 Å². The van der Waals surface area contributed by atoms with Gasteiger partial charge in [-0.2, -0.15) is 9.48 Å². The van der Waals surface area contributed by atoms with Gasteiger partial charge in [-0.15, -0.1) is 0 Å². The Hall–Kier alpha value is -2.83. The number of esters is 1. The molecule has 1 fully saturated rings. The van der Waals surface area contributed by atoms with E-state index in [1.807, 2.05) is 12.2 Å². The van der Waals surface area contributed by atoms with Crippen molar-refractivity contribution in [3.8, 4) is 5.75 Å². The van der Waals surface area contributed by atoms with Crippen LogP contribution in [-0.4, -0.2) is 61.0 Å². The van der Waals surface area contributed by atoms with Gasteiger partial charge in [0.15, 0.2) is 0 Å². The number of unbranched alkanes of at least 4 members (excludes halogenated alkanes) is 1. The van der Waals surface area contributed by atoms with Crippen LogP contribution in [0.4, 0.5) is 4.39 Å². The number of carbonyl (C=O) groups excluding carboxylic acids is 3. The number of benzene rings is 1. The monoisotopic (exact) mass is 561 g/mol. The average molecular weight is 562 g/mol. The van der Waals surface area contributed by atoms with Crippen LogP contribution < -0.4 is 20.7 Å². The highest BCUT2D eigenvalue weighted by Crippen LogP contribution is 2.45. The average Bonchev–Trinajstić information content (AvgIpc) is 3.30. The normalized spacial score (nSPS) is 20.2. The Labute approximate surface area is 221 Å². The van der Waals surface area contributed by atoms with E-state index in [0.29, 0.717) is 25.0 Å². The Kier molecular flexibility index (Phi) is 15.4. The Morgan fingerprint density at radius 1 is 1.32 bits per heavy atom. The van der Waals surface area contributed by atoms with Gasteiger partial charge in [-0.05, 0) is 38.8 Å². The van der Waals surface area contributed by atoms with Crippen LogP contribution in [0.5, 0.6) is 5.75 Å². The highest BCUT2D eigenvalue weighted by Gasteiger charge is 2.36. The second-order valence-electron chi connectivity index (χ2n) is 8.34. The largest absolute Gasteiger partial charge is 0.462 e. The van der Waals surface area contributed by atoms with Crippen LogP contribution in [0.2, 0.25) is 0 Å². The molecule has 3 unspecified atom stereocenters. The van der Waals surface area contributed by atoms with Crippen LogP contribution in [0.1, 0.15) is 46.5 Å². The summed E-state index contributed by atoms with van der Waals surface area (Å²) in [5, 5.41) is 14.3. The van der Waals surface area contributed by atoms with E-state index in [0.717, 1.165) is 19.3 Å². The van der Waals surface area contributed by atoms with Crippen molar-refractivity contribution in [3.63, 3.8) is 0 Å². The minimum atomic E-state index is -3.94. The van der Waals surface area contributed by atoms with Crippen molar-refractivity contribution >= 4 is 26.0 Å². The van der Waals surface area contributed by atoms with Gasteiger partial charge < -0.3 is 30.2 Å². The summed E-state index contributed by atoms with van der Waals surface area (Å²) in [6.45, 7) is 5.71. The molecule has 214 valence electrons. The first-order valence-corrected chi connectivity index (χ1v) is 13.7. The Morgan fingerprint density at radius 3 is 2.55 bits per heavy atom. The topological polar surface area (TPSA) is 176 Å². The minimum Gasteiger partial charge on any atom is -0.462 e. The summed E-state index contributed by atoms with van der Waals surface area (Å²) in [4.78, 5) is 31.7. The van der Waals surface area contributed by atoms with Crippen molar-refractivity contribution in [1.29, 1.82) is 0 Å². The second kappa shape index (κ2) is 17.6. The zero-order valence-corrected chi connectivity index (χ0v) is 22.6. The number of hydrogen-bond donors (Lipinski definition) is 4. The van der Waals surface area contributed by atoms with Gasteiger partial charge in [0.25, 0.3) is 5.91 Å². The number of hydrogen-bond acceptors (Lipinski definition) is 9. The molecule has 0 spiro atoms. The van der Waals surface area contributed by atoms with Crippen LogP contribution in [-0.2, 0) is 32.9 Å². The van der Waals surface area contributed by atoms with Crippen LogP contribution in [0.3, 0.4) is 0 Å². The fourth-order valence-corrected chi connectivity index (χ4v) is 4.50. The predicted octanol–water partition coefficient (Wildman–Crippen LogP) is 2.47. The minimum absolute atomic E-state index is 0.132. The summed E-state index contributed by atoms with van der Waals surface area (Å²) >= 11 is 0. The molecule has 1 aliphatic rings. The maximum absolute atomic E-state index is 13.3. The molecule has 1 aliphatic heterocycles.